The molecule has 0 fully saturated rings. The number of furan rings is 1. The van der Waals surface area contributed by atoms with E-state index in [2.05, 4.69) is 5.32 Å². The second kappa shape index (κ2) is 7.94. The highest BCUT2D eigenvalue weighted by molar-refractivity contribution is 6.31. The minimum absolute atomic E-state index is 0.306. The van der Waals surface area contributed by atoms with Crippen LogP contribution in [0.25, 0.3) is 17.4 Å². The van der Waals surface area contributed by atoms with Gasteiger partial charge in [0.25, 0.3) is 0 Å². The number of alkyl halides is 3. The second-order valence-corrected chi connectivity index (χ2v) is 6.44. The van der Waals surface area contributed by atoms with Crippen molar-refractivity contribution in [2.75, 3.05) is 5.32 Å². The molecule has 144 valence electrons. The van der Waals surface area contributed by atoms with E-state index in [-0.39, 0.29) is 5.69 Å². The molecule has 1 aromatic heterocycles. The molecule has 3 aromatic rings. The van der Waals surface area contributed by atoms with Gasteiger partial charge in [-0.2, -0.15) is 13.2 Å². The molecule has 0 aliphatic heterocycles. The van der Waals surface area contributed by atoms with Crippen LogP contribution in [0.5, 0.6) is 0 Å². The van der Waals surface area contributed by atoms with E-state index in [9.17, 15) is 18.0 Å². The Labute approximate surface area is 164 Å². The van der Waals surface area contributed by atoms with Crippen molar-refractivity contribution in [3.05, 3.63) is 82.6 Å². The third-order valence-corrected chi connectivity index (χ3v) is 4.38. The number of carbonyl (C=O) groups is 1. The summed E-state index contributed by atoms with van der Waals surface area (Å²) in [4.78, 5) is 12.0. The van der Waals surface area contributed by atoms with E-state index < -0.39 is 17.6 Å². The molecular formula is C21H15ClF3NO2. The fourth-order valence-electron chi connectivity index (χ4n) is 2.52. The summed E-state index contributed by atoms with van der Waals surface area (Å²) in [6.45, 7) is 1.89. The van der Waals surface area contributed by atoms with Crippen molar-refractivity contribution in [3.63, 3.8) is 0 Å². The van der Waals surface area contributed by atoms with Crippen LogP contribution in [0.4, 0.5) is 18.9 Å². The largest absolute Gasteiger partial charge is 0.457 e. The molecule has 0 saturated heterocycles. The first-order chi connectivity index (χ1) is 13.2. The van der Waals surface area contributed by atoms with Crippen LogP contribution in [0, 0.1) is 6.92 Å². The van der Waals surface area contributed by atoms with Crippen molar-refractivity contribution in [1.29, 1.82) is 0 Å². The van der Waals surface area contributed by atoms with Crippen molar-refractivity contribution in [3.8, 4) is 11.3 Å². The van der Waals surface area contributed by atoms with Gasteiger partial charge in [0.1, 0.15) is 11.5 Å². The lowest BCUT2D eigenvalue weighted by Gasteiger charge is -2.12. The fourth-order valence-corrected chi connectivity index (χ4v) is 2.70. The zero-order valence-electron chi connectivity index (χ0n) is 14.7. The van der Waals surface area contributed by atoms with E-state index in [0.717, 1.165) is 23.3 Å². The molecule has 2 aromatic carbocycles. The molecule has 3 rings (SSSR count). The Bertz CT molecular complexity index is 1040. The molecule has 0 aliphatic carbocycles. The van der Waals surface area contributed by atoms with Gasteiger partial charge in [0.15, 0.2) is 0 Å². The molecule has 0 unspecified atom stereocenters. The molecule has 7 heteroatoms. The highest BCUT2D eigenvalue weighted by atomic mass is 35.5. The van der Waals surface area contributed by atoms with Crippen LogP contribution < -0.4 is 5.32 Å². The summed E-state index contributed by atoms with van der Waals surface area (Å²) >= 11 is 6.11. The van der Waals surface area contributed by atoms with Crippen LogP contribution in [0.3, 0.4) is 0 Å². The number of carbonyl (C=O) groups excluding carboxylic acids is 1. The zero-order chi connectivity index (χ0) is 20.3. The molecule has 1 N–H and O–H groups in total. The summed E-state index contributed by atoms with van der Waals surface area (Å²) in [6, 6.07) is 13.6. The number of halogens is 4. The highest BCUT2D eigenvalue weighted by Gasteiger charge is 2.33. The Morgan fingerprint density at radius 1 is 1.11 bits per heavy atom. The molecule has 0 atom stereocenters. The molecule has 0 aliphatic rings. The van der Waals surface area contributed by atoms with E-state index in [1.165, 1.54) is 24.3 Å². The Hall–Kier alpha value is -2.99. The lowest BCUT2D eigenvalue weighted by atomic mass is 10.1. The van der Waals surface area contributed by atoms with Gasteiger partial charge >= 0.3 is 6.18 Å². The average molecular weight is 406 g/mol. The number of benzene rings is 2. The molecule has 1 amide bonds. The number of hydrogen-bond acceptors (Lipinski definition) is 2. The topological polar surface area (TPSA) is 42.2 Å². The molecule has 28 heavy (non-hydrogen) atoms. The van der Waals surface area contributed by atoms with E-state index in [4.69, 9.17) is 16.0 Å². The third kappa shape index (κ3) is 4.64. The first-order valence-corrected chi connectivity index (χ1v) is 8.63. The minimum Gasteiger partial charge on any atom is -0.457 e. The molecule has 0 bridgehead atoms. The van der Waals surface area contributed by atoms with Crippen LogP contribution in [-0.4, -0.2) is 5.91 Å². The Kier molecular flexibility index (Phi) is 5.61. The maximum Gasteiger partial charge on any atom is 0.418 e. The summed E-state index contributed by atoms with van der Waals surface area (Å²) in [6.07, 6.45) is -2.07. The number of para-hydroxylation sites is 1. The fraction of sp³-hybridized carbons (Fsp3) is 0.0952. The first-order valence-electron chi connectivity index (χ1n) is 8.26. The van der Waals surface area contributed by atoms with Gasteiger partial charge in [-0.25, -0.2) is 0 Å². The lowest BCUT2D eigenvalue weighted by Crippen LogP contribution is -2.14. The standard InChI is InChI=1S/C21H15ClF3NO2/c1-13-6-7-14(12-17(13)22)19-10-8-15(28-19)9-11-20(27)26-18-5-3-2-4-16(18)21(23,24)25/h2-12H,1H3,(H,26,27). The number of amides is 1. The predicted molar refractivity (Wildman–Crippen MR) is 103 cm³/mol. The molecule has 0 spiro atoms. The predicted octanol–water partition coefficient (Wildman–Crippen LogP) is 6.58. The first kappa shape index (κ1) is 19.8. The van der Waals surface area contributed by atoms with E-state index in [1.807, 2.05) is 19.1 Å². The SMILES string of the molecule is Cc1ccc(-c2ccc(C=CC(=O)Nc3ccccc3C(F)(F)F)o2)cc1Cl. The summed E-state index contributed by atoms with van der Waals surface area (Å²) in [5, 5.41) is 2.84. The van der Waals surface area contributed by atoms with Crippen molar-refractivity contribution in [1.82, 2.24) is 0 Å². The zero-order valence-corrected chi connectivity index (χ0v) is 15.4. The molecule has 1 heterocycles. The minimum atomic E-state index is -4.56. The van der Waals surface area contributed by atoms with Crippen LogP contribution in [0.2, 0.25) is 5.02 Å². The van der Waals surface area contributed by atoms with Gasteiger partial charge in [0, 0.05) is 16.7 Å². The van der Waals surface area contributed by atoms with Gasteiger partial charge < -0.3 is 9.73 Å². The van der Waals surface area contributed by atoms with Crippen molar-refractivity contribution in [2.45, 2.75) is 13.1 Å². The highest BCUT2D eigenvalue weighted by Crippen LogP contribution is 2.34. The number of aryl methyl sites for hydroxylation is 1. The van der Waals surface area contributed by atoms with E-state index in [0.29, 0.717) is 16.5 Å². The van der Waals surface area contributed by atoms with Gasteiger partial charge in [0.2, 0.25) is 5.91 Å². The quantitative estimate of drug-likeness (QED) is 0.498. The van der Waals surface area contributed by atoms with Gasteiger partial charge in [0.05, 0.1) is 11.3 Å². The average Bonchev–Trinajstić information content (AvgIpc) is 3.11. The number of hydrogen-bond donors (Lipinski definition) is 1. The lowest BCUT2D eigenvalue weighted by molar-refractivity contribution is -0.136. The van der Waals surface area contributed by atoms with Gasteiger partial charge in [-0.3, -0.25) is 4.79 Å². The molecule has 3 nitrogen and oxygen atoms in total. The third-order valence-electron chi connectivity index (χ3n) is 3.97. The summed E-state index contributed by atoms with van der Waals surface area (Å²) < 4.78 is 44.6. The molecular weight excluding hydrogens is 391 g/mol. The van der Waals surface area contributed by atoms with Crippen LogP contribution in [-0.2, 0) is 11.0 Å². The summed E-state index contributed by atoms with van der Waals surface area (Å²) in [7, 11) is 0. The van der Waals surface area contributed by atoms with Crippen molar-refractivity contribution < 1.29 is 22.4 Å². The van der Waals surface area contributed by atoms with Crippen molar-refractivity contribution >= 4 is 29.3 Å². The van der Waals surface area contributed by atoms with Crippen LogP contribution in [0.15, 0.2) is 65.1 Å². The number of rotatable bonds is 4. The number of nitrogens with one attached hydrogen (secondary N) is 1. The van der Waals surface area contributed by atoms with E-state index in [1.54, 1.807) is 18.2 Å². The Morgan fingerprint density at radius 2 is 1.86 bits per heavy atom. The van der Waals surface area contributed by atoms with E-state index >= 15 is 0 Å². The Balaban J connectivity index is 1.72. The maximum absolute atomic E-state index is 13.0. The summed E-state index contributed by atoms with van der Waals surface area (Å²) in [5.74, 6) is 0.239. The monoisotopic (exact) mass is 405 g/mol. The Morgan fingerprint density at radius 3 is 2.57 bits per heavy atom. The van der Waals surface area contributed by atoms with Crippen LogP contribution >= 0.6 is 11.6 Å². The van der Waals surface area contributed by atoms with Gasteiger partial charge in [-0.05, 0) is 48.9 Å². The maximum atomic E-state index is 13.0. The van der Waals surface area contributed by atoms with Crippen molar-refractivity contribution in [2.24, 2.45) is 0 Å². The summed E-state index contributed by atoms with van der Waals surface area (Å²) in [5.41, 5.74) is 0.499. The molecule has 0 radical (unpaired) electrons. The smallest absolute Gasteiger partial charge is 0.418 e. The van der Waals surface area contributed by atoms with Gasteiger partial charge in [-0.1, -0.05) is 35.9 Å². The van der Waals surface area contributed by atoms with Crippen LogP contribution in [0.1, 0.15) is 16.9 Å². The normalized spacial score (nSPS) is 11.8. The van der Waals surface area contributed by atoms with Gasteiger partial charge in [-0.15, -0.1) is 0 Å². The molecule has 0 saturated carbocycles. The number of anilines is 1. The second-order valence-electron chi connectivity index (χ2n) is 6.03.